The Bertz CT molecular complexity index is 631. The van der Waals surface area contributed by atoms with Gasteiger partial charge in [0, 0.05) is 10.6 Å². The SMILES string of the molecule is Fc1ccc(COc2c(Cl)cc(Cl)cc2CCl)cc1Cl. The maximum atomic E-state index is 13.1. The lowest BCUT2D eigenvalue weighted by Gasteiger charge is -2.12. The first-order valence-electron chi connectivity index (χ1n) is 5.62. The molecule has 1 nitrogen and oxygen atoms in total. The smallest absolute Gasteiger partial charge is 0.142 e. The lowest BCUT2D eigenvalue weighted by Crippen LogP contribution is -1.99. The second-order valence-corrected chi connectivity index (χ2v) is 5.56. The Morgan fingerprint density at radius 2 is 1.75 bits per heavy atom. The summed E-state index contributed by atoms with van der Waals surface area (Å²) in [7, 11) is 0. The van der Waals surface area contributed by atoms with Gasteiger partial charge < -0.3 is 4.74 Å². The molecule has 0 bridgehead atoms. The molecule has 2 aromatic rings. The molecule has 6 heteroatoms. The van der Waals surface area contributed by atoms with Crippen LogP contribution in [0.2, 0.25) is 15.1 Å². The standard InChI is InChI=1S/C14H9Cl4FO/c15-6-9-4-10(16)5-12(18)14(9)20-7-8-1-2-13(19)11(17)3-8/h1-5H,6-7H2. The van der Waals surface area contributed by atoms with Crippen molar-refractivity contribution in [2.24, 2.45) is 0 Å². The third-order valence-electron chi connectivity index (χ3n) is 2.60. The molecule has 0 unspecified atom stereocenters. The Balaban J connectivity index is 2.20. The molecule has 0 aliphatic carbocycles. The molecule has 0 saturated carbocycles. The summed E-state index contributed by atoms with van der Waals surface area (Å²) in [4.78, 5) is 0. The number of benzene rings is 2. The monoisotopic (exact) mass is 352 g/mol. The van der Waals surface area contributed by atoms with Crippen LogP contribution in [0.1, 0.15) is 11.1 Å². The quantitative estimate of drug-likeness (QED) is 0.603. The Hall–Kier alpha value is -0.670. The van der Waals surface area contributed by atoms with Crippen LogP contribution in [0.3, 0.4) is 0 Å². The minimum absolute atomic E-state index is 0.0471. The summed E-state index contributed by atoms with van der Waals surface area (Å²) in [5.41, 5.74) is 1.42. The van der Waals surface area contributed by atoms with E-state index in [1.807, 2.05) is 0 Å². The molecule has 20 heavy (non-hydrogen) atoms. The minimum atomic E-state index is -0.471. The number of hydrogen-bond donors (Lipinski definition) is 0. The Labute approximate surface area is 136 Å². The van der Waals surface area contributed by atoms with Crippen LogP contribution in [-0.4, -0.2) is 0 Å². The fourth-order valence-corrected chi connectivity index (χ4v) is 2.65. The molecule has 0 heterocycles. The van der Waals surface area contributed by atoms with Gasteiger partial charge in [0.25, 0.3) is 0 Å². The molecule has 0 spiro atoms. The van der Waals surface area contributed by atoms with Gasteiger partial charge >= 0.3 is 0 Å². The molecule has 0 saturated heterocycles. The van der Waals surface area contributed by atoms with E-state index in [1.54, 1.807) is 18.2 Å². The summed E-state index contributed by atoms with van der Waals surface area (Å²) in [5.74, 6) is 0.215. The van der Waals surface area contributed by atoms with E-state index in [0.717, 1.165) is 5.56 Å². The van der Waals surface area contributed by atoms with Crippen molar-refractivity contribution in [3.63, 3.8) is 0 Å². The predicted molar refractivity (Wildman–Crippen MR) is 81.8 cm³/mol. The molecule has 0 aromatic heterocycles. The summed E-state index contributed by atoms with van der Waals surface area (Å²) in [5, 5.41) is 0.912. The van der Waals surface area contributed by atoms with Gasteiger partial charge in [0.15, 0.2) is 0 Å². The van der Waals surface area contributed by atoms with Crippen LogP contribution in [-0.2, 0) is 12.5 Å². The van der Waals surface area contributed by atoms with Crippen molar-refractivity contribution in [3.8, 4) is 5.75 Å². The highest BCUT2D eigenvalue weighted by molar-refractivity contribution is 6.36. The molecule has 0 atom stereocenters. The summed E-state index contributed by atoms with van der Waals surface area (Å²) >= 11 is 23.5. The highest BCUT2D eigenvalue weighted by Crippen LogP contribution is 2.34. The Morgan fingerprint density at radius 3 is 2.40 bits per heavy atom. The average Bonchev–Trinajstić information content (AvgIpc) is 2.40. The zero-order valence-electron chi connectivity index (χ0n) is 10.1. The van der Waals surface area contributed by atoms with E-state index >= 15 is 0 Å². The molecule has 0 N–H and O–H groups in total. The van der Waals surface area contributed by atoms with Crippen LogP contribution in [0.5, 0.6) is 5.75 Å². The van der Waals surface area contributed by atoms with E-state index in [1.165, 1.54) is 12.1 Å². The van der Waals surface area contributed by atoms with Gasteiger partial charge in [0.1, 0.15) is 18.2 Å². The fourth-order valence-electron chi connectivity index (χ4n) is 1.66. The zero-order chi connectivity index (χ0) is 14.7. The van der Waals surface area contributed by atoms with Gasteiger partial charge in [-0.3, -0.25) is 0 Å². The van der Waals surface area contributed by atoms with E-state index in [0.29, 0.717) is 21.4 Å². The molecule has 0 aliphatic rings. The molecule has 0 aliphatic heterocycles. The first kappa shape index (κ1) is 15.7. The van der Waals surface area contributed by atoms with Crippen molar-refractivity contribution in [2.75, 3.05) is 0 Å². The highest BCUT2D eigenvalue weighted by atomic mass is 35.5. The molecule has 0 amide bonds. The van der Waals surface area contributed by atoms with Crippen molar-refractivity contribution < 1.29 is 9.13 Å². The number of ether oxygens (including phenoxy) is 1. The van der Waals surface area contributed by atoms with E-state index in [9.17, 15) is 4.39 Å². The van der Waals surface area contributed by atoms with E-state index in [2.05, 4.69) is 0 Å². The molecule has 0 radical (unpaired) electrons. The van der Waals surface area contributed by atoms with Gasteiger partial charge in [-0.15, -0.1) is 11.6 Å². The summed E-state index contributed by atoms with van der Waals surface area (Å²) in [6.07, 6.45) is 0. The molecule has 2 aromatic carbocycles. The van der Waals surface area contributed by atoms with Crippen LogP contribution < -0.4 is 4.74 Å². The lowest BCUT2D eigenvalue weighted by atomic mass is 10.2. The van der Waals surface area contributed by atoms with Crippen molar-refractivity contribution >= 4 is 46.4 Å². The lowest BCUT2D eigenvalue weighted by molar-refractivity contribution is 0.304. The average molecular weight is 354 g/mol. The highest BCUT2D eigenvalue weighted by Gasteiger charge is 2.11. The van der Waals surface area contributed by atoms with Crippen molar-refractivity contribution in [1.29, 1.82) is 0 Å². The van der Waals surface area contributed by atoms with Gasteiger partial charge in [0.05, 0.1) is 15.9 Å². The van der Waals surface area contributed by atoms with Crippen molar-refractivity contribution in [3.05, 3.63) is 62.3 Å². The van der Waals surface area contributed by atoms with E-state index < -0.39 is 5.82 Å². The molecule has 2 rings (SSSR count). The number of halogens is 5. The predicted octanol–water partition coefficient (Wildman–Crippen LogP) is 6.10. The second kappa shape index (κ2) is 6.86. The fraction of sp³-hybridized carbons (Fsp3) is 0.143. The van der Waals surface area contributed by atoms with Crippen molar-refractivity contribution in [2.45, 2.75) is 12.5 Å². The van der Waals surface area contributed by atoms with Crippen molar-refractivity contribution in [1.82, 2.24) is 0 Å². The Kier molecular flexibility index (Phi) is 5.39. The van der Waals surface area contributed by atoms with Crippen LogP contribution >= 0.6 is 46.4 Å². The van der Waals surface area contributed by atoms with E-state index in [4.69, 9.17) is 51.1 Å². The summed E-state index contributed by atoms with van der Waals surface area (Å²) < 4.78 is 18.7. The number of hydrogen-bond acceptors (Lipinski definition) is 1. The van der Waals surface area contributed by atoms with Gasteiger partial charge in [-0.25, -0.2) is 4.39 Å². The van der Waals surface area contributed by atoms with Crippen LogP contribution in [0.15, 0.2) is 30.3 Å². The molecular formula is C14H9Cl4FO. The summed E-state index contributed by atoms with van der Waals surface area (Å²) in [6.45, 7) is 0.200. The minimum Gasteiger partial charge on any atom is -0.487 e. The largest absolute Gasteiger partial charge is 0.487 e. The second-order valence-electron chi connectivity index (χ2n) is 4.05. The Morgan fingerprint density at radius 1 is 1.00 bits per heavy atom. The van der Waals surface area contributed by atoms with Crippen LogP contribution in [0.4, 0.5) is 4.39 Å². The van der Waals surface area contributed by atoms with Crippen LogP contribution in [0.25, 0.3) is 0 Å². The van der Waals surface area contributed by atoms with E-state index in [-0.39, 0.29) is 17.5 Å². The zero-order valence-corrected chi connectivity index (χ0v) is 13.1. The van der Waals surface area contributed by atoms with Gasteiger partial charge in [-0.2, -0.15) is 0 Å². The maximum absolute atomic E-state index is 13.1. The van der Waals surface area contributed by atoms with Crippen LogP contribution in [0, 0.1) is 5.82 Å². The first-order chi connectivity index (χ1) is 9.51. The molecule has 106 valence electrons. The topological polar surface area (TPSA) is 9.23 Å². The molecule has 0 fully saturated rings. The van der Waals surface area contributed by atoms with Gasteiger partial charge in [0.2, 0.25) is 0 Å². The molecular weight excluding hydrogens is 345 g/mol. The first-order valence-corrected chi connectivity index (χ1v) is 7.28. The summed E-state index contributed by atoms with van der Waals surface area (Å²) in [6, 6.07) is 7.64. The number of rotatable bonds is 4. The number of alkyl halides is 1. The normalized spacial score (nSPS) is 10.7. The van der Waals surface area contributed by atoms with Gasteiger partial charge in [-0.1, -0.05) is 40.9 Å². The third kappa shape index (κ3) is 3.70. The maximum Gasteiger partial charge on any atom is 0.142 e. The van der Waals surface area contributed by atoms with Gasteiger partial charge in [-0.05, 0) is 29.8 Å². The third-order valence-corrected chi connectivity index (χ3v) is 3.67.